The van der Waals surface area contributed by atoms with Gasteiger partial charge in [0.05, 0.1) is 28.3 Å². The first kappa shape index (κ1) is 99.3. The van der Waals surface area contributed by atoms with E-state index in [-0.39, 0.29) is 139 Å². The number of carbonyl (C=O) groups excluding carboxylic acids is 5. The zero-order valence-electron chi connectivity index (χ0n) is 67.8. The van der Waals surface area contributed by atoms with Gasteiger partial charge in [0.2, 0.25) is 0 Å². The van der Waals surface area contributed by atoms with Crippen molar-refractivity contribution in [1.82, 2.24) is 4.90 Å². The third-order valence-electron chi connectivity index (χ3n) is 33.4. The Bertz CT molecular complexity index is 2770. The number of fused-ring (bicyclic) bond motifs is 1. The average Bonchev–Trinajstić information content (AvgIpc) is 1.49. The van der Waals surface area contributed by atoms with Crippen molar-refractivity contribution in [2.75, 3.05) is 20.2 Å². The van der Waals surface area contributed by atoms with Gasteiger partial charge >= 0.3 is 30.0 Å². The van der Waals surface area contributed by atoms with E-state index < -0.39 is 0 Å². The summed E-state index contributed by atoms with van der Waals surface area (Å²) in [6.07, 6.45) is 42.3. The summed E-state index contributed by atoms with van der Waals surface area (Å²) in [5.74, 6) is 13.8. The van der Waals surface area contributed by atoms with Crippen molar-refractivity contribution < 1.29 is 47.7 Å². The van der Waals surface area contributed by atoms with Crippen LogP contribution in [0.5, 0.6) is 0 Å². The first-order valence-corrected chi connectivity index (χ1v) is 42.6. The second kappa shape index (κ2) is 37.0. The Hall–Kier alpha value is -2.85. The van der Waals surface area contributed by atoms with Gasteiger partial charge in [-0.3, -0.25) is 19.2 Å². The molecule has 19 aliphatic rings. The van der Waals surface area contributed by atoms with Gasteiger partial charge in [-0.25, -0.2) is 4.79 Å². The fourth-order valence-electron chi connectivity index (χ4n) is 26.3. The lowest BCUT2D eigenvalue weighted by atomic mass is 9.49. The molecule has 19 saturated carbocycles. The van der Waals surface area contributed by atoms with Crippen molar-refractivity contribution in [3.8, 4) is 0 Å². The van der Waals surface area contributed by atoms with Crippen LogP contribution in [-0.4, -0.2) is 77.5 Å². The molecule has 0 N–H and O–H groups in total. The van der Waals surface area contributed by atoms with Crippen LogP contribution in [0.4, 0.5) is 4.79 Å². The number of esters is 4. The third-order valence-corrected chi connectivity index (χ3v) is 33.4. The highest BCUT2D eigenvalue weighted by atomic mass is 16.6. The minimum atomic E-state index is -0.339. The zero-order valence-corrected chi connectivity index (χ0v) is 67.8. The quantitative estimate of drug-likeness (QED) is 0.0964. The number of carbonyl (C=O) groups is 5. The number of rotatable bonds is 18. The summed E-state index contributed by atoms with van der Waals surface area (Å²) in [4.78, 5) is 63.9. The van der Waals surface area contributed by atoms with E-state index in [1.165, 1.54) is 161 Å². The topological polar surface area (TPSA) is 135 Å². The fraction of sp³-hybridized carbons (Fsp3) is 0.948. The molecule has 0 aliphatic heterocycles. The molecule has 0 aromatic rings. The van der Waals surface area contributed by atoms with E-state index in [1.807, 2.05) is 69.4 Å². The Labute approximate surface area is 669 Å². The van der Waals surface area contributed by atoms with Crippen LogP contribution in [-0.2, 0) is 42.9 Å². The molecule has 0 aromatic heterocycles. The van der Waals surface area contributed by atoms with E-state index in [9.17, 15) is 24.0 Å². The van der Waals surface area contributed by atoms with Crippen LogP contribution >= 0.6 is 0 Å². The molecule has 0 heterocycles. The highest BCUT2D eigenvalue weighted by Gasteiger charge is 2.70. The van der Waals surface area contributed by atoms with Crippen molar-refractivity contribution in [3.05, 3.63) is 0 Å². The lowest BCUT2D eigenvalue weighted by molar-refractivity contribution is -0.220. The molecule has 634 valence electrons. The summed E-state index contributed by atoms with van der Waals surface area (Å²) in [6, 6.07) is 0. The van der Waals surface area contributed by atoms with Crippen LogP contribution in [0.25, 0.3) is 0 Å². The van der Waals surface area contributed by atoms with Crippen LogP contribution in [0.3, 0.4) is 0 Å². The van der Waals surface area contributed by atoms with Crippen LogP contribution in [0.15, 0.2) is 0 Å². The van der Waals surface area contributed by atoms with Crippen molar-refractivity contribution >= 4 is 30.0 Å². The van der Waals surface area contributed by atoms with Gasteiger partial charge in [0, 0.05) is 24.9 Å². The van der Waals surface area contributed by atoms with Gasteiger partial charge in [-0.05, 0) is 394 Å². The van der Waals surface area contributed by atoms with Gasteiger partial charge in [0.25, 0.3) is 0 Å². The maximum Gasteiger partial charge on any atom is 0.410 e. The van der Waals surface area contributed by atoms with E-state index in [2.05, 4.69) is 69.2 Å². The number of ether oxygens (including phenoxy) is 5. The van der Waals surface area contributed by atoms with Gasteiger partial charge in [0.1, 0.15) is 22.4 Å². The SMILES string of the molecule is C.C.C.C.C.C.C.C.CCC(C)(C)C(=O)OC1(C)C2CC3CC(C2)CC1C3.CCC(C)(C)C(=O)OC12CC3CC(CC(C3)C1)C2.CCC(C)(C)C(=O)OCC12CC3CC(CC(C3)C1)C2.CCCCC1(OC(=O)C(C)(C)CC)C2CC3CC(C2)CC1C3.CCN(C)C(=O)OC1(C)CCC23CC1C(C)(C)C2CC[C@H]3C. The first-order chi connectivity index (χ1) is 46.8. The van der Waals surface area contributed by atoms with Crippen molar-refractivity contribution in [1.29, 1.82) is 0 Å². The predicted octanol–water partition coefficient (Wildman–Crippen LogP) is 27.4. The first-order valence-electron chi connectivity index (χ1n) is 42.6. The van der Waals surface area contributed by atoms with Crippen molar-refractivity contribution in [2.45, 2.75) is 432 Å². The molecule has 19 rings (SSSR count). The van der Waals surface area contributed by atoms with Crippen molar-refractivity contribution in [3.63, 3.8) is 0 Å². The molecule has 5 atom stereocenters. The molecule has 4 unspecified atom stereocenters. The maximum atomic E-state index is 12.8. The Morgan fingerprint density at radius 3 is 1.16 bits per heavy atom. The maximum absolute atomic E-state index is 12.8. The fourth-order valence-corrected chi connectivity index (χ4v) is 26.3. The van der Waals surface area contributed by atoms with Crippen LogP contribution < -0.4 is 0 Å². The molecule has 108 heavy (non-hydrogen) atoms. The highest BCUT2D eigenvalue weighted by Crippen LogP contribution is 2.74. The molecular weight excluding hydrogens is 1340 g/mol. The summed E-state index contributed by atoms with van der Waals surface area (Å²) in [7, 11) is 1.83. The minimum Gasteiger partial charge on any atom is -0.465 e. The molecule has 0 saturated heterocycles. The summed E-state index contributed by atoms with van der Waals surface area (Å²) < 4.78 is 30.5. The van der Waals surface area contributed by atoms with Crippen LogP contribution in [0.2, 0.25) is 0 Å². The largest absolute Gasteiger partial charge is 0.465 e. The van der Waals surface area contributed by atoms with Gasteiger partial charge in [-0.1, -0.05) is 121 Å². The second-order valence-corrected chi connectivity index (χ2v) is 42.1. The van der Waals surface area contributed by atoms with E-state index in [0.717, 1.165) is 129 Å². The molecule has 0 radical (unpaired) electrons. The molecular formula is C97H181NO10. The third kappa shape index (κ3) is 19.5. The van der Waals surface area contributed by atoms with E-state index in [0.29, 0.717) is 53.6 Å². The standard InChI is InChI=1S/C20H34O2.C19H33NO2.2C17H28O2.C16H26O2.8CH4/c1-5-7-8-20(22-18(21)19(3,4)6-2)16-10-14-9-15(12-16)13-17(20)11-14;1-7-20(6)16(21)22-18(5)10-11-19-12-15(18)17(3,4)14(19)9-8-13(19)2;1-5-16(2,3)15(18)19-17(4)13-7-11-6-12(9-13)10-14(17)8-11;1-4-16(2,3)15(18)19-11-17-8-12-5-13(9-17)7-14(6-12)10-17;1-4-15(2,3)14(17)18-16-8-11-5-12(9-16)7-13(6-11)10-16;;;;;;;;/h14-17H,5-13H2,1-4H3;13-15H,7-12H2,1-6H3;11-14H,5-10H2,1-4H3;12-14H,4-11H2,1-3H3;11-13H,4-10H2,1-3H3;8*1H4/t;13-,14?,15?,18?,19?;;;;;;;;;;;/m.1.........../s1. The van der Waals surface area contributed by atoms with Crippen LogP contribution in [0.1, 0.15) is 409 Å². The van der Waals surface area contributed by atoms with Crippen molar-refractivity contribution in [2.24, 2.45) is 139 Å². The number of nitrogens with zero attached hydrogens (tertiary/aromatic N) is 1. The number of amides is 1. The molecule has 18 bridgehead atoms. The predicted molar refractivity (Wildman–Crippen MR) is 454 cm³/mol. The Kier molecular flexibility index (Phi) is 34.0. The van der Waals surface area contributed by atoms with Crippen LogP contribution in [0, 0.1) is 139 Å². The minimum absolute atomic E-state index is 0. The Morgan fingerprint density at radius 2 is 0.769 bits per heavy atom. The monoisotopic (exact) mass is 1520 g/mol. The van der Waals surface area contributed by atoms with Gasteiger partial charge < -0.3 is 28.6 Å². The van der Waals surface area contributed by atoms with E-state index in [1.54, 1.807) is 4.90 Å². The molecule has 1 amide bonds. The molecule has 1 spiro atoms. The molecule has 19 aliphatic carbocycles. The molecule has 19 fully saturated rings. The van der Waals surface area contributed by atoms with Gasteiger partial charge in [-0.15, -0.1) is 0 Å². The lowest BCUT2D eigenvalue weighted by Crippen LogP contribution is -2.60. The van der Waals surface area contributed by atoms with E-state index >= 15 is 0 Å². The molecule has 11 heteroatoms. The summed E-state index contributed by atoms with van der Waals surface area (Å²) in [5.41, 5.74) is -0.801. The number of hydrogen-bond donors (Lipinski definition) is 0. The van der Waals surface area contributed by atoms with Gasteiger partial charge in [-0.2, -0.15) is 0 Å². The highest BCUT2D eigenvalue weighted by molar-refractivity contribution is 5.78. The summed E-state index contributed by atoms with van der Waals surface area (Å²) >= 11 is 0. The summed E-state index contributed by atoms with van der Waals surface area (Å²) in [5, 5.41) is 0. The lowest BCUT2D eigenvalue weighted by Gasteiger charge is -2.60. The smallest absolute Gasteiger partial charge is 0.410 e. The Morgan fingerprint density at radius 1 is 0.407 bits per heavy atom. The summed E-state index contributed by atoms with van der Waals surface area (Å²) in [6.45, 7) is 41.8. The number of hydrogen-bond acceptors (Lipinski definition) is 10. The normalized spacial score (nSPS) is 39.4. The average molecular weight is 1520 g/mol. The molecule has 0 aromatic carbocycles. The van der Waals surface area contributed by atoms with E-state index in [4.69, 9.17) is 23.7 Å². The molecule has 11 nitrogen and oxygen atoms in total. The van der Waals surface area contributed by atoms with Gasteiger partial charge in [0.15, 0.2) is 0 Å². The zero-order chi connectivity index (χ0) is 72.8. The number of unbranched alkanes of at least 4 members (excludes halogenated alkanes) is 1. The second-order valence-electron chi connectivity index (χ2n) is 42.1. The Balaban J connectivity index is 0.000000344.